The van der Waals surface area contributed by atoms with Crippen molar-refractivity contribution in [1.29, 1.82) is 0 Å². The van der Waals surface area contributed by atoms with Crippen molar-refractivity contribution in [3.8, 4) is 5.75 Å². The van der Waals surface area contributed by atoms with Gasteiger partial charge in [0.1, 0.15) is 17.6 Å². The van der Waals surface area contributed by atoms with Crippen LogP contribution in [-0.4, -0.2) is 29.3 Å². The van der Waals surface area contributed by atoms with E-state index < -0.39 is 0 Å². The number of hydrogen-bond donors (Lipinski definition) is 1. The highest BCUT2D eigenvalue weighted by atomic mass is 16.5. The first-order valence-corrected chi connectivity index (χ1v) is 8.18. The number of nitrogens with one attached hydrogen (secondary N) is 1. The predicted octanol–water partition coefficient (Wildman–Crippen LogP) is 2.82. The summed E-state index contributed by atoms with van der Waals surface area (Å²) in [5.74, 6) is 1.58. The zero-order valence-electron chi connectivity index (χ0n) is 14.1. The molecule has 3 rings (SSSR count). The standard InChI is InChI=1S/C19H21N3O3/c1-24-16-8-5-15(6-9-16)7-10-19(23)20-14-17(18-4-2-13-25-18)22-12-3-11-21-22/h2-6,8-9,11-13,17H,7,10,14H2,1H3,(H,20,23)/t17-/m1/s1. The van der Waals surface area contributed by atoms with Crippen LogP contribution in [0.2, 0.25) is 0 Å². The molecule has 2 heterocycles. The molecule has 0 unspecified atom stereocenters. The van der Waals surface area contributed by atoms with E-state index in [0.717, 1.165) is 17.1 Å². The van der Waals surface area contributed by atoms with Crippen molar-refractivity contribution in [2.45, 2.75) is 18.9 Å². The molecule has 1 amide bonds. The normalized spacial score (nSPS) is 11.9. The van der Waals surface area contributed by atoms with Gasteiger partial charge in [-0.3, -0.25) is 9.48 Å². The molecule has 130 valence electrons. The first kappa shape index (κ1) is 16.8. The molecule has 0 aliphatic heterocycles. The molecule has 0 radical (unpaired) electrons. The molecule has 0 bridgehead atoms. The number of nitrogens with zero attached hydrogens (tertiary/aromatic N) is 2. The molecule has 25 heavy (non-hydrogen) atoms. The Labute approximate surface area is 146 Å². The number of furan rings is 1. The molecule has 6 heteroatoms. The van der Waals surface area contributed by atoms with Crippen LogP contribution in [-0.2, 0) is 11.2 Å². The van der Waals surface area contributed by atoms with Crippen LogP contribution in [0.5, 0.6) is 5.75 Å². The zero-order chi connectivity index (χ0) is 17.5. The Hall–Kier alpha value is -3.02. The summed E-state index contributed by atoms with van der Waals surface area (Å²) in [5, 5.41) is 7.22. The second-order valence-electron chi connectivity index (χ2n) is 5.67. The summed E-state index contributed by atoms with van der Waals surface area (Å²) in [4.78, 5) is 12.2. The lowest BCUT2D eigenvalue weighted by molar-refractivity contribution is -0.121. The molecule has 3 aromatic rings. The van der Waals surface area contributed by atoms with Crippen molar-refractivity contribution in [3.63, 3.8) is 0 Å². The lowest BCUT2D eigenvalue weighted by Gasteiger charge is -2.16. The predicted molar refractivity (Wildman–Crippen MR) is 93.4 cm³/mol. The fourth-order valence-electron chi connectivity index (χ4n) is 2.62. The van der Waals surface area contributed by atoms with Gasteiger partial charge in [-0.2, -0.15) is 5.10 Å². The highest BCUT2D eigenvalue weighted by Gasteiger charge is 2.17. The monoisotopic (exact) mass is 339 g/mol. The van der Waals surface area contributed by atoms with E-state index in [1.807, 2.05) is 48.7 Å². The summed E-state index contributed by atoms with van der Waals surface area (Å²) >= 11 is 0. The summed E-state index contributed by atoms with van der Waals surface area (Å²) in [6, 6.07) is 13.2. The summed E-state index contributed by atoms with van der Waals surface area (Å²) in [6.07, 6.45) is 6.30. The summed E-state index contributed by atoms with van der Waals surface area (Å²) < 4.78 is 12.4. The third-order valence-corrected chi connectivity index (χ3v) is 4.01. The minimum Gasteiger partial charge on any atom is -0.497 e. The Morgan fingerprint density at radius 2 is 2.12 bits per heavy atom. The van der Waals surface area contributed by atoms with Crippen LogP contribution in [0.25, 0.3) is 0 Å². The van der Waals surface area contributed by atoms with E-state index in [9.17, 15) is 4.79 Å². The molecule has 0 fully saturated rings. The second-order valence-corrected chi connectivity index (χ2v) is 5.67. The quantitative estimate of drug-likeness (QED) is 0.685. The van der Waals surface area contributed by atoms with Gasteiger partial charge in [0.25, 0.3) is 0 Å². The maximum atomic E-state index is 12.2. The van der Waals surface area contributed by atoms with Gasteiger partial charge in [-0.15, -0.1) is 0 Å². The van der Waals surface area contributed by atoms with E-state index in [0.29, 0.717) is 19.4 Å². The van der Waals surface area contributed by atoms with Crippen LogP contribution in [0.15, 0.2) is 65.5 Å². The lowest BCUT2D eigenvalue weighted by Crippen LogP contribution is -2.31. The van der Waals surface area contributed by atoms with Gasteiger partial charge < -0.3 is 14.5 Å². The molecule has 0 saturated heterocycles. The van der Waals surface area contributed by atoms with Crippen LogP contribution in [0, 0.1) is 0 Å². The van der Waals surface area contributed by atoms with Gasteiger partial charge in [0, 0.05) is 25.4 Å². The summed E-state index contributed by atoms with van der Waals surface area (Å²) in [5.41, 5.74) is 1.10. The summed E-state index contributed by atoms with van der Waals surface area (Å²) in [6.45, 7) is 0.427. The van der Waals surface area contributed by atoms with Gasteiger partial charge in [-0.1, -0.05) is 12.1 Å². The number of hydrogen-bond acceptors (Lipinski definition) is 4. The Morgan fingerprint density at radius 1 is 1.28 bits per heavy atom. The smallest absolute Gasteiger partial charge is 0.220 e. The van der Waals surface area contributed by atoms with Crippen molar-refractivity contribution in [1.82, 2.24) is 15.1 Å². The maximum Gasteiger partial charge on any atom is 0.220 e. The van der Waals surface area contributed by atoms with Crippen molar-refractivity contribution < 1.29 is 13.9 Å². The maximum absolute atomic E-state index is 12.2. The Kier molecular flexibility index (Phi) is 5.51. The van der Waals surface area contributed by atoms with Crippen LogP contribution in [0.3, 0.4) is 0 Å². The van der Waals surface area contributed by atoms with Gasteiger partial charge in [-0.25, -0.2) is 0 Å². The fraction of sp³-hybridized carbons (Fsp3) is 0.263. The topological polar surface area (TPSA) is 69.3 Å². The minimum absolute atomic E-state index is 0.000435. The van der Waals surface area contributed by atoms with Crippen LogP contribution in [0.1, 0.15) is 23.8 Å². The average molecular weight is 339 g/mol. The second kappa shape index (κ2) is 8.19. The Bertz CT molecular complexity index is 731. The molecular weight excluding hydrogens is 318 g/mol. The average Bonchev–Trinajstić information content (AvgIpc) is 3.35. The van der Waals surface area contributed by atoms with Crippen molar-refractivity contribution in [2.75, 3.05) is 13.7 Å². The third-order valence-electron chi connectivity index (χ3n) is 4.01. The van der Waals surface area contributed by atoms with Gasteiger partial charge in [0.05, 0.1) is 13.4 Å². The first-order chi connectivity index (χ1) is 12.3. The van der Waals surface area contributed by atoms with E-state index in [1.54, 1.807) is 24.3 Å². The molecule has 1 N–H and O–H groups in total. The highest BCUT2D eigenvalue weighted by Crippen LogP contribution is 2.17. The number of ether oxygens (including phenoxy) is 1. The molecule has 2 aromatic heterocycles. The minimum atomic E-state index is -0.157. The van der Waals surface area contributed by atoms with Crippen LogP contribution >= 0.6 is 0 Å². The van der Waals surface area contributed by atoms with Crippen LogP contribution < -0.4 is 10.1 Å². The van der Waals surface area contributed by atoms with Crippen LogP contribution in [0.4, 0.5) is 0 Å². The van der Waals surface area contributed by atoms with E-state index >= 15 is 0 Å². The van der Waals surface area contributed by atoms with E-state index in [1.165, 1.54) is 0 Å². The number of aromatic nitrogens is 2. The molecule has 0 saturated carbocycles. The van der Waals surface area contributed by atoms with E-state index in [4.69, 9.17) is 9.15 Å². The molecule has 1 atom stereocenters. The van der Waals surface area contributed by atoms with Gasteiger partial charge in [-0.05, 0) is 42.3 Å². The summed E-state index contributed by atoms with van der Waals surface area (Å²) in [7, 11) is 1.64. The lowest BCUT2D eigenvalue weighted by atomic mass is 10.1. The molecule has 0 spiro atoms. The molecule has 0 aliphatic rings. The first-order valence-electron chi connectivity index (χ1n) is 8.18. The number of carbonyl (C=O) groups excluding carboxylic acids is 1. The van der Waals surface area contributed by atoms with Crippen molar-refractivity contribution in [2.24, 2.45) is 0 Å². The largest absolute Gasteiger partial charge is 0.497 e. The van der Waals surface area contributed by atoms with Crippen molar-refractivity contribution >= 4 is 5.91 Å². The third kappa shape index (κ3) is 4.50. The van der Waals surface area contributed by atoms with Crippen molar-refractivity contribution in [3.05, 3.63) is 72.4 Å². The molecule has 1 aromatic carbocycles. The van der Waals surface area contributed by atoms with Gasteiger partial charge >= 0.3 is 0 Å². The highest BCUT2D eigenvalue weighted by molar-refractivity contribution is 5.76. The number of benzene rings is 1. The Morgan fingerprint density at radius 3 is 2.76 bits per heavy atom. The van der Waals surface area contributed by atoms with E-state index in [-0.39, 0.29) is 11.9 Å². The number of aryl methyl sites for hydroxylation is 1. The number of amides is 1. The van der Waals surface area contributed by atoms with E-state index in [2.05, 4.69) is 10.4 Å². The number of methoxy groups -OCH3 is 1. The molecule has 6 nitrogen and oxygen atoms in total. The molecule has 0 aliphatic carbocycles. The van der Waals surface area contributed by atoms with Gasteiger partial charge in [0.2, 0.25) is 5.91 Å². The SMILES string of the molecule is COc1ccc(CCC(=O)NC[C@H](c2ccco2)n2cccn2)cc1. The van der Waals surface area contributed by atoms with Gasteiger partial charge in [0.15, 0.2) is 0 Å². The number of rotatable bonds is 8. The fourth-order valence-corrected chi connectivity index (χ4v) is 2.62. The zero-order valence-corrected chi connectivity index (χ0v) is 14.1. The molecular formula is C19H21N3O3. The Balaban J connectivity index is 1.53. The number of carbonyl (C=O) groups is 1.